The first-order valence-electron chi connectivity index (χ1n) is 13.2. The van der Waals surface area contributed by atoms with Gasteiger partial charge in [0.2, 0.25) is 11.9 Å². The smallest absolute Gasteiger partial charge is 0.335 e. The third-order valence-electron chi connectivity index (χ3n) is 7.75. The summed E-state index contributed by atoms with van der Waals surface area (Å²) in [5, 5.41) is 3.86. The summed E-state index contributed by atoms with van der Waals surface area (Å²) >= 11 is 6.45. The van der Waals surface area contributed by atoms with E-state index in [4.69, 9.17) is 32.0 Å². The number of nitrogen functional groups attached to an aromatic ring is 1. The Kier molecular flexibility index (Phi) is 8.68. The molecule has 0 radical (unpaired) electrons. The predicted octanol–water partition coefficient (Wildman–Crippen LogP) is 5.39. The van der Waals surface area contributed by atoms with Crippen molar-refractivity contribution in [2.75, 3.05) is 44.8 Å². The monoisotopic (exact) mass is 502 g/mol. The van der Waals surface area contributed by atoms with Crippen LogP contribution in [0.5, 0.6) is 5.75 Å². The lowest BCUT2D eigenvalue weighted by atomic mass is 9.95. The summed E-state index contributed by atoms with van der Waals surface area (Å²) in [7, 11) is 4.54. The van der Waals surface area contributed by atoms with Crippen LogP contribution in [0.25, 0.3) is 0 Å². The Labute approximate surface area is 214 Å². The minimum atomic E-state index is 0.248. The molecule has 1 aromatic carbocycles. The summed E-state index contributed by atoms with van der Waals surface area (Å²) in [6.07, 6.45) is 10.8. The van der Waals surface area contributed by atoms with Crippen LogP contribution < -0.4 is 20.3 Å². The minimum Gasteiger partial charge on any atom is -0.492 e. The molecule has 0 amide bonds. The van der Waals surface area contributed by atoms with Gasteiger partial charge in [0.15, 0.2) is 0 Å². The predicted molar refractivity (Wildman–Crippen MR) is 144 cm³/mol. The average Bonchev–Trinajstić information content (AvgIpc) is 3.13. The number of aromatic nitrogens is 3. The Bertz CT molecular complexity index is 974. The average molecular weight is 503 g/mol. The number of rotatable bonds is 8. The van der Waals surface area contributed by atoms with Crippen molar-refractivity contribution in [3.63, 3.8) is 0 Å². The van der Waals surface area contributed by atoms with E-state index < -0.39 is 0 Å². The maximum atomic E-state index is 6.45. The van der Waals surface area contributed by atoms with Gasteiger partial charge in [-0.1, -0.05) is 31.4 Å². The van der Waals surface area contributed by atoms with Crippen LogP contribution in [0.15, 0.2) is 18.2 Å². The molecule has 1 aliphatic carbocycles. The van der Waals surface area contributed by atoms with Gasteiger partial charge in [-0.15, -0.1) is 9.97 Å². The Morgan fingerprint density at radius 3 is 2.40 bits per heavy atom. The first-order valence-corrected chi connectivity index (χ1v) is 13.5. The standard InChI is InChI=1S/C26H41ClN7O/c1-4-17-35-23-12-11-19(18-22(23)27)29-25-30-24(28)31-26(32-25)34(3,20-9-7-5-6-8-10-20)21-13-15-33(2)16-14-21/h11-12,18,20-21H,4-10,13-17H2,1-3H3,(H3,28,29,30,31,32)/q+1. The van der Waals surface area contributed by atoms with Gasteiger partial charge in [0.05, 0.1) is 30.8 Å². The highest BCUT2D eigenvalue weighted by atomic mass is 35.5. The van der Waals surface area contributed by atoms with E-state index in [1.807, 2.05) is 18.2 Å². The Hall–Kier alpha value is -2.16. The lowest BCUT2D eigenvalue weighted by Crippen LogP contribution is -2.63. The van der Waals surface area contributed by atoms with Gasteiger partial charge in [0, 0.05) is 31.6 Å². The number of likely N-dealkylation sites (tertiary alicyclic amines) is 1. The third kappa shape index (κ3) is 6.16. The summed E-state index contributed by atoms with van der Waals surface area (Å²) in [5.41, 5.74) is 7.05. The summed E-state index contributed by atoms with van der Waals surface area (Å²) < 4.78 is 6.44. The SMILES string of the molecule is CCCOc1ccc(Nc2nc(N)nc([N+](C)(C3CCCCCC3)C3CCN(C)CC3)n2)cc1Cl. The molecule has 1 aromatic heterocycles. The van der Waals surface area contributed by atoms with Crippen molar-refractivity contribution in [3.05, 3.63) is 23.2 Å². The highest BCUT2D eigenvalue weighted by Crippen LogP contribution is 2.37. The molecule has 1 unspecified atom stereocenters. The molecule has 1 saturated carbocycles. The second-order valence-electron chi connectivity index (χ2n) is 10.3. The fraction of sp³-hybridized carbons (Fsp3) is 0.654. The fourth-order valence-corrected chi connectivity index (χ4v) is 5.87. The number of benzene rings is 1. The van der Waals surface area contributed by atoms with Gasteiger partial charge in [-0.05, 0) is 57.4 Å². The van der Waals surface area contributed by atoms with Gasteiger partial charge >= 0.3 is 5.95 Å². The van der Waals surface area contributed by atoms with Crippen LogP contribution in [0.4, 0.5) is 23.5 Å². The Balaban J connectivity index is 1.64. The van der Waals surface area contributed by atoms with E-state index in [-0.39, 0.29) is 5.95 Å². The van der Waals surface area contributed by atoms with Crippen molar-refractivity contribution < 1.29 is 4.74 Å². The lowest BCUT2D eigenvalue weighted by Gasteiger charge is -2.47. The molecule has 3 N–H and O–H groups in total. The van der Waals surface area contributed by atoms with Crippen LogP contribution >= 0.6 is 11.6 Å². The molecule has 1 aliphatic heterocycles. The molecule has 1 atom stereocenters. The maximum Gasteiger partial charge on any atom is 0.335 e. The van der Waals surface area contributed by atoms with E-state index in [0.29, 0.717) is 35.4 Å². The number of anilines is 3. The van der Waals surface area contributed by atoms with Crippen LogP contribution in [-0.4, -0.2) is 65.7 Å². The minimum absolute atomic E-state index is 0.248. The molecule has 35 heavy (non-hydrogen) atoms. The van der Waals surface area contributed by atoms with Gasteiger partial charge < -0.3 is 20.7 Å². The molecule has 0 bridgehead atoms. The molecule has 9 heteroatoms. The van der Waals surface area contributed by atoms with E-state index in [2.05, 4.69) is 36.2 Å². The molecule has 0 spiro atoms. The Morgan fingerprint density at radius 2 is 1.74 bits per heavy atom. The molecular weight excluding hydrogens is 462 g/mol. The van der Waals surface area contributed by atoms with Crippen LogP contribution in [-0.2, 0) is 0 Å². The summed E-state index contributed by atoms with van der Waals surface area (Å²) in [5.74, 6) is 2.15. The second-order valence-corrected chi connectivity index (χ2v) is 10.7. The van der Waals surface area contributed by atoms with Crippen LogP contribution in [0.3, 0.4) is 0 Å². The molecular formula is C26H41ClN7O+. The van der Waals surface area contributed by atoms with Crippen LogP contribution in [0.2, 0.25) is 5.02 Å². The second kappa shape index (κ2) is 11.7. The number of ether oxygens (including phenoxy) is 1. The number of quaternary nitrogens is 1. The zero-order chi connectivity index (χ0) is 24.8. The normalized spacial score (nSPS) is 20.2. The van der Waals surface area contributed by atoms with Gasteiger partial charge in [0.25, 0.3) is 0 Å². The molecule has 4 rings (SSSR count). The van der Waals surface area contributed by atoms with E-state index in [0.717, 1.165) is 48.5 Å². The van der Waals surface area contributed by atoms with Gasteiger partial charge in [-0.3, -0.25) is 4.48 Å². The first-order chi connectivity index (χ1) is 16.9. The van der Waals surface area contributed by atoms with E-state index in [9.17, 15) is 0 Å². The molecule has 2 aromatic rings. The zero-order valence-corrected chi connectivity index (χ0v) is 22.2. The van der Waals surface area contributed by atoms with Crippen molar-refractivity contribution >= 4 is 35.1 Å². The van der Waals surface area contributed by atoms with E-state index >= 15 is 0 Å². The third-order valence-corrected chi connectivity index (χ3v) is 8.05. The van der Waals surface area contributed by atoms with E-state index in [1.165, 1.54) is 38.5 Å². The van der Waals surface area contributed by atoms with Crippen LogP contribution in [0.1, 0.15) is 64.7 Å². The molecule has 2 fully saturated rings. The maximum absolute atomic E-state index is 6.45. The van der Waals surface area contributed by atoms with Crippen molar-refractivity contribution in [1.82, 2.24) is 24.3 Å². The van der Waals surface area contributed by atoms with Crippen molar-refractivity contribution in [2.45, 2.75) is 76.8 Å². The van der Waals surface area contributed by atoms with Crippen molar-refractivity contribution in [3.8, 4) is 5.75 Å². The van der Waals surface area contributed by atoms with Gasteiger partial charge in [-0.25, -0.2) is 0 Å². The summed E-state index contributed by atoms with van der Waals surface area (Å²) in [4.78, 5) is 16.5. The number of hydrogen-bond acceptors (Lipinski definition) is 7. The molecule has 2 aliphatic rings. The van der Waals surface area contributed by atoms with Crippen LogP contribution in [0, 0.1) is 0 Å². The lowest BCUT2D eigenvalue weighted by molar-refractivity contribution is 0.0961. The fourth-order valence-electron chi connectivity index (χ4n) is 5.64. The van der Waals surface area contributed by atoms with Gasteiger partial charge in [0.1, 0.15) is 5.75 Å². The number of piperidine rings is 1. The number of nitrogens with one attached hydrogen (secondary N) is 1. The summed E-state index contributed by atoms with van der Waals surface area (Å²) in [6, 6.07) is 6.59. The van der Waals surface area contributed by atoms with Crippen molar-refractivity contribution in [2.24, 2.45) is 0 Å². The quantitative estimate of drug-likeness (QED) is 0.369. The molecule has 192 valence electrons. The zero-order valence-electron chi connectivity index (χ0n) is 21.5. The van der Waals surface area contributed by atoms with E-state index in [1.54, 1.807) is 0 Å². The van der Waals surface area contributed by atoms with Gasteiger partial charge in [-0.2, -0.15) is 4.98 Å². The number of nitrogens with two attached hydrogens (primary N) is 1. The topological polar surface area (TPSA) is 89.2 Å². The highest BCUT2D eigenvalue weighted by molar-refractivity contribution is 6.32. The largest absolute Gasteiger partial charge is 0.492 e. The number of halogens is 1. The van der Waals surface area contributed by atoms with Crippen molar-refractivity contribution in [1.29, 1.82) is 0 Å². The highest BCUT2D eigenvalue weighted by Gasteiger charge is 2.46. The Morgan fingerprint density at radius 1 is 1.06 bits per heavy atom. The first kappa shape index (κ1) is 25.9. The molecule has 8 nitrogen and oxygen atoms in total. The molecule has 2 heterocycles. The summed E-state index contributed by atoms with van der Waals surface area (Å²) in [6.45, 7) is 4.90. The number of nitrogens with zero attached hydrogens (tertiary/aromatic N) is 5. The molecule has 1 saturated heterocycles. The number of hydrogen-bond donors (Lipinski definition) is 2.